The number of nitrogens with zero attached hydrogens (tertiary/aromatic N) is 1. The lowest BCUT2D eigenvalue weighted by molar-refractivity contribution is -0.137. The first-order valence-corrected chi connectivity index (χ1v) is 9.83. The molecule has 2 aromatic carbocycles. The van der Waals surface area contributed by atoms with Crippen molar-refractivity contribution in [2.24, 2.45) is 0 Å². The van der Waals surface area contributed by atoms with Gasteiger partial charge in [-0.25, -0.2) is 4.39 Å². The summed E-state index contributed by atoms with van der Waals surface area (Å²) in [6.45, 7) is -0.0695. The van der Waals surface area contributed by atoms with Crippen molar-refractivity contribution in [1.29, 1.82) is 0 Å². The van der Waals surface area contributed by atoms with Crippen LogP contribution < -0.4 is 15.5 Å². The molecule has 30 heavy (non-hydrogen) atoms. The molecule has 0 saturated heterocycles. The Kier molecular flexibility index (Phi) is 7.02. The van der Waals surface area contributed by atoms with Gasteiger partial charge in [-0.05, 0) is 60.4 Å². The zero-order chi connectivity index (χ0) is 21.7. The summed E-state index contributed by atoms with van der Waals surface area (Å²) in [4.78, 5) is 38.0. The molecule has 0 spiro atoms. The van der Waals surface area contributed by atoms with Crippen molar-refractivity contribution in [3.05, 3.63) is 58.4 Å². The average molecular weight is 434 g/mol. The zero-order valence-electron chi connectivity index (χ0n) is 16.1. The van der Waals surface area contributed by atoms with Crippen LogP contribution >= 0.6 is 11.6 Å². The Morgan fingerprint density at radius 3 is 2.73 bits per heavy atom. The SMILES string of the molecule is O=C1CCc2cc(N(CCCO)C(=O)C(=O)NCc3cc(F)cc(Cl)c3)ccc2N1. The molecule has 3 rings (SSSR count). The Balaban J connectivity index is 1.74. The van der Waals surface area contributed by atoms with Gasteiger partial charge in [-0.15, -0.1) is 0 Å². The molecular formula is C21H21ClFN3O4. The molecule has 0 aliphatic carbocycles. The van der Waals surface area contributed by atoms with Gasteiger partial charge in [0.05, 0.1) is 0 Å². The molecule has 3 amide bonds. The van der Waals surface area contributed by atoms with Crippen LogP contribution in [0.3, 0.4) is 0 Å². The van der Waals surface area contributed by atoms with Crippen molar-refractivity contribution < 1.29 is 23.9 Å². The number of aliphatic hydroxyl groups excluding tert-OH is 1. The van der Waals surface area contributed by atoms with E-state index in [0.717, 1.165) is 11.6 Å². The van der Waals surface area contributed by atoms with Gasteiger partial charge in [-0.2, -0.15) is 0 Å². The summed E-state index contributed by atoms with van der Waals surface area (Å²) in [5, 5.41) is 14.6. The predicted octanol–water partition coefficient (Wildman–Crippen LogP) is 2.40. The molecule has 0 aromatic heterocycles. The summed E-state index contributed by atoms with van der Waals surface area (Å²) in [5.74, 6) is -2.27. The predicted molar refractivity (Wildman–Crippen MR) is 111 cm³/mol. The molecule has 9 heteroatoms. The Labute approximate surface area is 177 Å². The van der Waals surface area contributed by atoms with Crippen LogP contribution in [0.15, 0.2) is 36.4 Å². The number of rotatable bonds is 6. The van der Waals surface area contributed by atoms with E-state index in [4.69, 9.17) is 11.6 Å². The fourth-order valence-electron chi connectivity index (χ4n) is 3.21. The van der Waals surface area contributed by atoms with Gasteiger partial charge < -0.3 is 20.6 Å². The molecule has 0 radical (unpaired) electrons. The van der Waals surface area contributed by atoms with Gasteiger partial charge >= 0.3 is 11.8 Å². The van der Waals surface area contributed by atoms with Gasteiger partial charge in [0.2, 0.25) is 5.91 Å². The van der Waals surface area contributed by atoms with E-state index in [0.29, 0.717) is 29.8 Å². The topological polar surface area (TPSA) is 98.7 Å². The highest BCUT2D eigenvalue weighted by Gasteiger charge is 2.24. The third-order valence-electron chi connectivity index (χ3n) is 4.65. The Bertz CT molecular complexity index is 962. The third kappa shape index (κ3) is 5.34. The number of nitrogens with one attached hydrogen (secondary N) is 2. The van der Waals surface area contributed by atoms with Crippen LogP contribution in [0.4, 0.5) is 15.8 Å². The van der Waals surface area contributed by atoms with Crippen molar-refractivity contribution in [3.8, 4) is 0 Å². The highest BCUT2D eigenvalue weighted by molar-refractivity contribution is 6.40. The summed E-state index contributed by atoms with van der Waals surface area (Å²) < 4.78 is 13.4. The molecule has 0 atom stereocenters. The Morgan fingerprint density at radius 1 is 1.20 bits per heavy atom. The molecule has 1 aliphatic heterocycles. The number of hydrogen-bond donors (Lipinski definition) is 3. The van der Waals surface area contributed by atoms with Gasteiger partial charge in [-0.1, -0.05) is 11.6 Å². The highest BCUT2D eigenvalue weighted by Crippen LogP contribution is 2.28. The molecule has 1 heterocycles. The molecule has 0 unspecified atom stereocenters. The first-order valence-electron chi connectivity index (χ1n) is 9.45. The number of halogens is 2. The van der Waals surface area contributed by atoms with E-state index in [2.05, 4.69) is 10.6 Å². The maximum absolute atomic E-state index is 13.4. The first-order chi connectivity index (χ1) is 14.4. The Hall–Kier alpha value is -2.97. The van der Waals surface area contributed by atoms with Gasteiger partial charge in [0.25, 0.3) is 0 Å². The summed E-state index contributed by atoms with van der Waals surface area (Å²) in [6.07, 6.45) is 1.16. The van der Waals surface area contributed by atoms with Crippen molar-refractivity contribution in [2.45, 2.75) is 25.8 Å². The van der Waals surface area contributed by atoms with Gasteiger partial charge in [-0.3, -0.25) is 14.4 Å². The van der Waals surface area contributed by atoms with E-state index < -0.39 is 17.6 Å². The molecule has 3 N–H and O–H groups in total. The monoisotopic (exact) mass is 433 g/mol. The van der Waals surface area contributed by atoms with Crippen molar-refractivity contribution in [2.75, 3.05) is 23.4 Å². The number of aryl methyl sites for hydroxylation is 1. The summed E-state index contributed by atoms with van der Waals surface area (Å²) in [7, 11) is 0. The second-order valence-electron chi connectivity index (χ2n) is 6.88. The lowest BCUT2D eigenvalue weighted by Crippen LogP contribution is -2.43. The van der Waals surface area contributed by atoms with Crippen molar-refractivity contribution in [1.82, 2.24) is 5.32 Å². The van der Waals surface area contributed by atoms with Crippen molar-refractivity contribution >= 4 is 40.7 Å². The number of carbonyl (C=O) groups is 3. The van der Waals surface area contributed by atoms with E-state index in [9.17, 15) is 23.9 Å². The van der Waals surface area contributed by atoms with Crippen molar-refractivity contribution in [3.63, 3.8) is 0 Å². The van der Waals surface area contributed by atoms with Crippen LogP contribution in [0.1, 0.15) is 24.0 Å². The largest absolute Gasteiger partial charge is 0.396 e. The summed E-state index contributed by atoms with van der Waals surface area (Å²) >= 11 is 5.80. The lowest BCUT2D eigenvalue weighted by atomic mass is 10.0. The lowest BCUT2D eigenvalue weighted by Gasteiger charge is -2.25. The smallest absolute Gasteiger partial charge is 0.316 e. The number of carbonyl (C=O) groups excluding carboxylic acids is 3. The molecule has 7 nitrogen and oxygen atoms in total. The highest BCUT2D eigenvalue weighted by atomic mass is 35.5. The minimum Gasteiger partial charge on any atom is -0.396 e. The number of hydrogen-bond acceptors (Lipinski definition) is 4. The van der Waals surface area contributed by atoms with Crippen LogP contribution in [-0.4, -0.2) is 36.0 Å². The Morgan fingerprint density at radius 2 is 2.00 bits per heavy atom. The molecule has 158 valence electrons. The zero-order valence-corrected chi connectivity index (χ0v) is 16.8. The van der Waals surface area contributed by atoms with Crippen LogP contribution in [0.5, 0.6) is 0 Å². The summed E-state index contributed by atoms with van der Waals surface area (Å²) in [5.41, 5.74) is 2.46. The fourth-order valence-corrected chi connectivity index (χ4v) is 3.45. The maximum atomic E-state index is 13.4. The van der Waals surface area contributed by atoms with Gasteiger partial charge in [0.15, 0.2) is 0 Å². The van der Waals surface area contributed by atoms with Crippen LogP contribution in [0.2, 0.25) is 5.02 Å². The van der Waals surface area contributed by atoms with E-state index in [1.54, 1.807) is 18.2 Å². The number of amides is 3. The third-order valence-corrected chi connectivity index (χ3v) is 4.87. The standard InChI is InChI=1S/C21H21ClFN3O4/c22-15-8-13(9-16(23)11-15)12-24-20(29)21(30)26(6-1-7-27)17-3-4-18-14(10-17)2-5-19(28)25-18/h3-4,8-11,27H,1-2,5-7,12H2,(H,24,29)(H,25,28). The molecule has 0 fully saturated rings. The minimum absolute atomic E-state index is 0.0634. The number of fused-ring (bicyclic) bond motifs is 1. The van der Waals surface area contributed by atoms with Gasteiger partial charge in [0.1, 0.15) is 5.82 Å². The fraction of sp³-hybridized carbons (Fsp3) is 0.286. The number of benzene rings is 2. The minimum atomic E-state index is -0.862. The number of aliphatic hydroxyl groups is 1. The average Bonchev–Trinajstić information content (AvgIpc) is 2.71. The molecule has 1 aliphatic rings. The van der Waals surface area contributed by atoms with Crippen LogP contribution in [-0.2, 0) is 27.3 Å². The molecule has 0 bridgehead atoms. The quantitative estimate of drug-likeness (QED) is 0.609. The van der Waals surface area contributed by atoms with E-state index in [1.165, 1.54) is 17.0 Å². The summed E-state index contributed by atoms with van der Waals surface area (Å²) in [6, 6.07) is 8.94. The van der Waals surface area contributed by atoms with Gasteiger partial charge in [0, 0.05) is 42.5 Å². The molecule has 0 saturated carbocycles. The van der Waals surface area contributed by atoms with E-state index in [-0.39, 0.29) is 37.0 Å². The maximum Gasteiger partial charge on any atom is 0.316 e. The molecule has 2 aromatic rings. The second kappa shape index (κ2) is 9.69. The normalized spacial score (nSPS) is 12.7. The number of anilines is 2. The first kappa shape index (κ1) is 21.7. The molecular weight excluding hydrogens is 413 g/mol. The van der Waals surface area contributed by atoms with Crippen LogP contribution in [0, 0.1) is 5.82 Å². The van der Waals surface area contributed by atoms with E-state index >= 15 is 0 Å². The van der Waals surface area contributed by atoms with E-state index in [1.807, 2.05) is 0 Å². The van der Waals surface area contributed by atoms with Crippen LogP contribution in [0.25, 0.3) is 0 Å². The second-order valence-corrected chi connectivity index (χ2v) is 7.32.